The van der Waals surface area contributed by atoms with E-state index >= 15 is 0 Å². The molecule has 2 aromatic rings. The Labute approximate surface area is 109 Å². The fourth-order valence-corrected chi connectivity index (χ4v) is 1.58. The molecule has 2 aromatic heterocycles. The standard InChI is InChI=1S/C11H15N5O3/c1-18-6-3-9(17)13-7-8-14-15-10-11(19-2)12-4-5-16(8)10/h4-5H,3,6-7H2,1-2H3,(H,13,17). The second-order valence-corrected chi connectivity index (χ2v) is 3.77. The summed E-state index contributed by atoms with van der Waals surface area (Å²) in [7, 11) is 3.07. The van der Waals surface area contributed by atoms with Gasteiger partial charge in [0.2, 0.25) is 11.6 Å². The van der Waals surface area contributed by atoms with Gasteiger partial charge in [-0.3, -0.25) is 9.20 Å². The number of hydrogen-bond acceptors (Lipinski definition) is 6. The first-order valence-corrected chi connectivity index (χ1v) is 5.74. The number of carbonyl (C=O) groups is 1. The Morgan fingerprint density at radius 3 is 3.00 bits per heavy atom. The molecule has 0 atom stereocenters. The van der Waals surface area contributed by atoms with E-state index < -0.39 is 0 Å². The van der Waals surface area contributed by atoms with Crippen LogP contribution in [0.1, 0.15) is 12.2 Å². The summed E-state index contributed by atoms with van der Waals surface area (Å²) in [5.41, 5.74) is 0.520. The maximum atomic E-state index is 11.5. The first-order valence-electron chi connectivity index (χ1n) is 5.74. The average Bonchev–Trinajstić information content (AvgIpc) is 2.86. The van der Waals surface area contributed by atoms with Crippen molar-refractivity contribution in [2.75, 3.05) is 20.8 Å². The van der Waals surface area contributed by atoms with Crippen LogP contribution in [0.25, 0.3) is 5.65 Å². The largest absolute Gasteiger partial charge is 0.478 e. The summed E-state index contributed by atoms with van der Waals surface area (Å²) < 4.78 is 11.6. The number of fused-ring (bicyclic) bond motifs is 1. The van der Waals surface area contributed by atoms with Gasteiger partial charge in [0, 0.05) is 25.9 Å². The Kier molecular flexibility index (Phi) is 4.24. The van der Waals surface area contributed by atoms with Crippen LogP contribution in [0.3, 0.4) is 0 Å². The third-order valence-corrected chi connectivity index (χ3v) is 2.54. The van der Waals surface area contributed by atoms with E-state index in [0.29, 0.717) is 30.4 Å². The van der Waals surface area contributed by atoms with Gasteiger partial charge in [0.05, 0.1) is 20.3 Å². The van der Waals surface area contributed by atoms with Crippen LogP contribution in [0.4, 0.5) is 0 Å². The van der Waals surface area contributed by atoms with Gasteiger partial charge in [-0.2, -0.15) is 0 Å². The van der Waals surface area contributed by atoms with Crippen LogP contribution in [0.2, 0.25) is 0 Å². The molecule has 1 N–H and O–H groups in total. The number of hydrogen-bond donors (Lipinski definition) is 1. The normalized spacial score (nSPS) is 10.6. The monoisotopic (exact) mass is 265 g/mol. The summed E-state index contributed by atoms with van der Waals surface area (Å²) in [4.78, 5) is 15.5. The summed E-state index contributed by atoms with van der Waals surface area (Å²) in [5, 5.41) is 10.7. The lowest BCUT2D eigenvalue weighted by Gasteiger charge is -2.04. The molecule has 8 heteroatoms. The molecule has 0 fully saturated rings. The van der Waals surface area contributed by atoms with Crippen LogP contribution in [0.5, 0.6) is 5.88 Å². The number of aromatic nitrogens is 4. The van der Waals surface area contributed by atoms with Gasteiger partial charge in [0.1, 0.15) is 0 Å². The Morgan fingerprint density at radius 1 is 1.42 bits per heavy atom. The Hall–Kier alpha value is -2.22. The average molecular weight is 265 g/mol. The molecule has 0 radical (unpaired) electrons. The van der Waals surface area contributed by atoms with Gasteiger partial charge in [-0.1, -0.05) is 0 Å². The van der Waals surface area contributed by atoms with Crippen LogP contribution in [0.15, 0.2) is 12.4 Å². The van der Waals surface area contributed by atoms with E-state index in [0.717, 1.165) is 0 Å². The maximum Gasteiger partial charge on any atom is 0.260 e. The van der Waals surface area contributed by atoms with Gasteiger partial charge in [-0.15, -0.1) is 10.2 Å². The van der Waals surface area contributed by atoms with E-state index in [1.807, 2.05) is 0 Å². The highest BCUT2D eigenvalue weighted by molar-refractivity contribution is 5.75. The highest BCUT2D eigenvalue weighted by Gasteiger charge is 2.11. The number of nitrogens with one attached hydrogen (secondary N) is 1. The molecule has 0 spiro atoms. The third kappa shape index (κ3) is 2.97. The van der Waals surface area contributed by atoms with Crippen molar-refractivity contribution in [3.63, 3.8) is 0 Å². The van der Waals surface area contributed by atoms with Crippen molar-refractivity contribution >= 4 is 11.6 Å². The van der Waals surface area contributed by atoms with E-state index in [9.17, 15) is 4.79 Å². The lowest BCUT2D eigenvalue weighted by atomic mass is 10.4. The van der Waals surface area contributed by atoms with Gasteiger partial charge >= 0.3 is 0 Å². The molecule has 2 rings (SSSR count). The topological polar surface area (TPSA) is 90.6 Å². The summed E-state index contributed by atoms with van der Waals surface area (Å²) >= 11 is 0. The lowest BCUT2D eigenvalue weighted by Crippen LogP contribution is -2.24. The Bertz CT molecular complexity index is 568. The van der Waals surface area contributed by atoms with Crippen molar-refractivity contribution in [1.82, 2.24) is 24.9 Å². The number of ether oxygens (including phenoxy) is 2. The Balaban J connectivity index is 2.07. The van der Waals surface area contributed by atoms with Crippen molar-refractivity contribution < 1.29 is 14.3 Å². The molecule has 0 unspecified atom stereocenters. The minimum Gasteiger partial charge on any atom is -0.478 e. The molecule has 0 aliphatic carbocycles. The Morgan fingerprint density at radius 2 is 2.26 bits per heavy atom. The molecular weight excluding hydrogens is 250 g/mol. The predicted octanol–water partition coefficient (Wildman–Crippen LogP) is -0.214. The number of rotatable bonds is 6. The van der Waals surface area contributed by atoms with Gasteiger partial charge < -0.3 is 14.8 Å². The van der Waals surface area contributed by atoms with Crippen molar-refractivity contribution in [2.45, 2.75) is 13.0 Å². The molecule has 102 valence electrons. The number of nitrogens with zero attached hydrogens (tertiary/aromatic N) is 4. The minimum atomic E-state index is -0.0976. The third-order valence-electron chi connectivity index (χ3n) is 2.54. The SMILES string of the molecule is COCCC(=O)NCc1nnc2c(OC)nccn12. The fourth-order valence-electron chi connectivity index (χ4n) is 1.58. The molecular formula is C11H15N5O3. The van der Waals surface area contributed by atoms with Gasteiger partial charge in [-0.25, -0.2) is 4.98 Å². The number of carbonyl (C=O) groups excluding carboxylic acids is 1. The molecule has 0 bridgehead atoms. The van der Waals surface area contributed by atoms with Crippen molar-refractivity contribution in [3.05, 3.63) is 18.2 Å². The van der Waals surface area contributed by atoms with E-state index in [4.69, 9.17) is 9.47 Å². The van der Waals surface area contributed by atoms with Crippen molar-refractivity contribution in [2.24, 2.45) is 0 Å². The van der Waals surface area contributed by atoms with Crippen LogP contribution in [0, 0.1) is 0 Å². The zero-order valence-corrected chi connectivity index (χ0v) is 10.8. The predicted molar refractivity (Wildman–Crippen MR) is 65.7 cm³/mol. The van der Waals surface area contributed by atoms with Gasteiger partial charge in [0.25, 0.3) is 5.88 Å². The first kappa shape index (κ1) is 13.2. The highest BCUT2D eigenvalue weighted by atomic mass is 16.5. The van der Waals surface area contributed by atoms with E-state index in [-0.39, 0.29) is 12.5 Å². The van der Waals surface area contributed by atoms with Crippen molar-refractivity contribution in [1.29, 1.82) is 0 Å². The zero-order valence-electron chi connectivity index (χ0n) is 10.8. The molecule has 2 heterocycles. The van der Waals surface area contributed by atoms with E-state index in [2.05, 4.69) is 20.5 Å². The summed E-state index contributed by atoms with van der Waals surface area (Å²) in [6.07, 6.45) is 3.62. The smallest absolute Gasteiger partial charge is 0.260 e. The lowest BCUT2D eigenvalue weighted by molar-refractivity contribution is -0.122. The van der Waals surface area contributed by atoms with Crippen LogP contribution in [-0.4, -0.2) is 46.3 Å². The summed E-state index contributed by atoms with van der Waals surface area (Å²) in [6, 6.07) is 0. The minimum absolute atomic E-state index is 0.0976. The molecule has 8 nitrogen and oxygen atoms in total. The summed E-state index contributed by atoms with van der Waals surface area (Å²) in [6.45, 7) is 0.682. The fraction of sp³-hybridized carbons (Fsp3) is 0.455. The van der Waals surface area contributed by atoms with Gasteiger partial charge in [0.15, 0.2) is 5.82 Å². The summed E-state index contributed by atoms with van der Waals surface area (Å²) in [5.74, 6) is 0.910. The number of amides is 1. The van der Waals surface area contributed by atoms with Crippen LogP contribution >= 0.6 is 0 Å². The molecule has 0 aliphatic heterocycles. The maximum absolute atomic E-state index is 11.5. The van der Waals surface area contributed by atoms with Crippen LogP contribution < -0.4 is 10.1 Å². The first-order chi connectivity index (χ1) is 9.26. The molecule has 0 saturated heterocycles. The molecule has 19 heavy (non-hydrogen) atoms. The van der Waals surface area contributed by atoms with E-state index in [1.165, 1.54) is 7.11 Å². The molecule has 0 aromatic carbocycles. The molecule has 1 amide bonds. The second-order valence-electron chi connectivity index (χ2n) is 3.77. The van der Waals surface area contributed by atoms with Crippen LogP contribution in [-0.2, 0) is 16.1 Å². The zero-order chi connectivity index (χ0) is 13.7. The molecule has 0 saturated carbocycles. The molecule has 0 aliphatic rings. The second kappa shape index (κ2) is 6.10. The quantitative estimate of drug-likeness (QED) is 0.777. The highest BCUT2D eigenvalue weighted by Crippen LogP contribution is 2.13. The number of methoxy groups -OCH3 is 2. The van der Waals surface area contributed by atoms with Crippen molar-refractivity contribution in [3.8, 4) is 5.88 Å². The van der Waals surface area contributed by atoms with Gasteiger partial charge in [-0.05, 0) is 0 Å². The van der Waals surface area contributed by atoms with E-state index in [1.54, 1.807) is 23.9 Å².